The van der Waals surface area contributed by atoms with Crippen LogP contribution in [-0.4, -0.2) is 32.4 Å². The monoisotopic (exact) mass is 356 g/mol. The minimum atomic E-state index is -0.305. The summed E-state index contributed by atoms with van der Waals surface area (Å²) in [5, 5.41) is 4.19. The Balaban J connectivity index is 2.12. The summed E-state index contributed by atoms with van der Waals surface area (Å²) in [5.74, 6) is 1.68. The van der Waals surface area contributed by atoms with Crippen molar-refractivity contribution in [2.24, 2.45) is 5.10 Å². The first-order valence-electron chi connectivity index (χ1n) is 8.39. The number of hydrazone groups is 1. The molecule has 0 aliphatic carbocycles. The molecule has 1 N–H and O–H groups in total. The summed E-state index contributed by atoms with van der Waals surface area (Å²) in [4.78, 5) is 12.3. The van der Waals surface area contributed by atoms with Gasteiger partial charge in [0, 0.05) is 5.56 Å². The fourth-order valence-electron chi connectivity index (χ4n) is 2.39. The second-order valence-electron chi connectivity index (χ2n) is 5.55. The quantitative estimate of drug-likeness (QED) is 0.579. The molecule has 0 saturated carbocycles. The van der Waals surface area contributed by atoms with Crippen molar-refractivity contribution in [3.63, 3.8) is 0 Å². The number of carbonyl (C=O) groups excluding carboxylic acids is 1. The van der Waals surface area contributed by atoms with Gasteiger partial charge in [-0.2, -0.15) is 5.10 Å². The molecule has 2 aromatic carbocycles. The second kappa shape index (κ2) is 9.46. The summed E-state index contributed by atoms with van der Waals surface area (Å²) < 4.78 is 16.2. The molecule has 0 spiro atoms. The molecule has 0 aliphatic heterocycles. The number of amides is 1. The van der Waals surface area contributed by atoms with Crippen LogP contribution in [0.15, 0.2) is 47.6 Å². The standard InChI is InChI=1S/C20H24N2O4/c1-5-13-26-16-11-9-15(10-12-16)20(23)22-21-14(2)19-17(24-3)7-6-8-18(19)25-4/h6-12H,5,13H2,1-4H3,(H,22,23)/b21-14-. The van der Waals surface area contributed by atoms with Crippen LogP contribution in [0.25, 0.3) is 0 Å². The Hall–Kier alpha value is -3.02. The third-order valence-corrected chi connectivity index (χ3v) is 3.70. The highest BCUT2D eigenvalue weighted by molar-refractivity contribution is 6.04. The maximum absolute atomic E-state index is 12.3. The second-order valence-corrected chi connectivity index (χ2v) is 5.55. The molecule has 0 saturated heterocycles. The van der Waals surface area contributed by atoms with Gasteiger partial charge in [0.15, 0.2) is 0 Å². The number of nitrogens with one attached hydrogen (secondary N) is 1. The third kappa shape index (κ3) is 4.75. The van der Waals surface area contributed by atoms with E-state index in [0.29, 0.717) is 34.9 Å². The molecule has 0 aliphatic rings. The van der Waals surface area contributed by atoms with Gasteiger partial charge in [-0.05, 0) is 49.7 Å². The molecular weight excluding hydrogens is 332 g/mol. The molecule has 0 radical (unpaired) electrons. The Kier molecular flexibility index (Phi) is 7.02. The molecule has 0 heterocycles. The predicted molar refractivity (Wildman–Crippen MR) is 101 cm³/mol. The maximum Gasteiger partial charge on any atom is 0.271 e. The fraction of sp³-hybridized carbons (Fsp3) is 0.300. The molecule has 6 heteroatoms. The van der Waals surface area contributed by atoms with Crippen molar-refractivity contribution in [3.8, 4) is 17.2 Å². The van der Waals surface area contributed by atoms with Crippen LogP contribution in [-0.2, 0) is 0 Å². The van der Waals surface area contributed by atoms with Crippen molar-refractivity contribution >= 4 is 11.6 Å². The van der Waals surface area contributed by atoms with Crippen LogP contribution < -0.4 is 19.6 Å². The number of benzene rings is 2. The number of rotatable bonds is 8. The maximum atomic E-state index is 12.3. The number of ether oxygens (including phenoxy) is 3. The molecule has 0 bridgehead atoms. The molecule has 138 valence electrons. The molecule has 0 aromatic heterocycles. The minimum Gasteiger partial charge on any atom is -0.496 e. The average Bonchev–Trinajstić information content (AvgIpc) is 2.69. The summed E-state index contributed by atoms with van der Waals surface area (Å²) >= 11 is 0. The smallest absolute Gasteiger partial charge is 0.271 e. The highest BCUT2D eigenvalue weighted by Gasteiger charge is 2.13. The van der Waals surface area contributed by atoms with Crippen LogP contribution >= 0.6 is 0 Å². The van der Waals surface area contributed by atoms with Gasteiger partial charge >= 0.3 is 0 Å². The lowest BCUT2D eigenvalue weighted by Gasteiger charge is -2.12. The molecule has 6 nitrogen and oxygen atoms in total. The number of nitrogens with zero attached hydrogens (tertiary/aromatic N) is 1. The summed E-state index contributed by atoms with van der Waals surface area (Å²) in [6.45, 7) is 4.47. The molecule has 2 aromatic rings. The number of methoxy groups -OCH3 is 2. The van der Waals surface area contributed by atoms with Crippen LogP contribution in [0.3, 0.4) is 0 Å². The summed E-state index contributed by atoms with van der Waals surface area (Å²) in [7, 11) is 3.15. The molecule has 1 amide bonds. The fourth-order valence-corrected chi connectivity index (χ4v) is 2.39. The molecule has 0 fully saturated rings. The topological polar surface area (TPSA) is 69.2 Å². The SMILES string of the molecule is CCCOc1ccc(C(=O)N/N=C(/C)c2c(OC)cccc2OC)cc1. The van der Waals surface area contributed by atoms with Crippen molar-refractivity contribution in [3.05, 3.63) is 53.6 Å². The van der Waals surface area contributed by atoms with Gasteiger partial charge in [0.2, 0.25) is 0 Å². The Bertz CT molecular complexity index is 748. The lowest BCUT2D eigenvalue weighted by Crippen LogP contribution is -2.19. The van der Waals surface area contributed by atoms with Gasteiger partial charge in [0.1, 0.15) is 17.2 Å². The van der Waals surface area contributed by atoms with E-state index in [1.165, 1.54) is 0 Å². The highest BCUT2D eigenvalue weighted by Crippen LogP contribution is 2.28. The lowest BCUT2D eigenvalue weighted by molar-refractivity contribution is 0.0954. The molecule has 2 rings (SSSR count). The lowest BCUT2D eigenvalue weighted by atomic mass is 10.1. The first-order valence-corrected chi connectivity index (χ1v) is 8.39. The van der Waals surface area contributed by atoms with Gasteiger partial charge < -0.3 is 14.2 Å². The highest BCUT2D eigenvalue weighted by atomic mass is 16.5. The van der Waals surface area contributed by atoms with Gasteiger partial charge in [-0.25, -0.2) is 5.43 Å². The Morgan fingerprint density at radius 1 is 1.04 bits per heavy atom. The Morgan fingerprint density at radius 3 is 2.19 bits per heavy atom. The third-order valence-electron chi connectivity index (χ3n) is 3.70. The van der Waals surface area contributed by atoms with Crippen molar-refractivity contribution in [2.45, 2.75) is 20.3 Å². The van der Waals surface area contributed by atoms with Crippen molar-refractivity contribution in [1.29, 1.82) is 0 Å². The zero-order valence-corrected chi connectivity index (χ0v) is 15.5. The van der Waals surface area contributed by atoms with Crippen LogP contribution in [0, 0.1) is 0 Å². The molecule has 26 heavy (non-hydrogen) atoms. The average molecular weight is 356 g/mol. The molecular formula is C20H24N2O4. The molecule has 0 unspecified atom stereocenters. The first-order chi connectivity index (χ1) is 12.6. The molecule has 0 atom stereocenters. The van der Waals surface area contributed by atoms with E-state index in [9.17, 15) is 4.79 Å². The predicted octanol–water partition coefficient (Wildman–Crippen LogP) is 3.65. The van der Waals surface area contributed by atoms with Gasteiger partial charge in [-0.15, -0.1) is 0 Å². The van der Waals surface area contributed by atoms with E-state index in [1.54, 1.807) is 45.4 Å². The van der Waals surface area contributed by atoms with Crippen LogP contribution in [0.5, 0.6) is 17.2 Å². The normalized spacial score (nSPS) is 11.0. The van der Waals surface area contributed by atoms with E-state index in [0.717, 1.165) is 12.2 Å². The first kappa shape index (κ1) is 19.3. The minimum absolute atomic E-state index is 0.305. The van der Waals surface area contributed by atoms with Crippen LogP contribution in [0.2, 0.25) is 0 Å². The van der Waals surface area contributed by atoms with Crippen molar-refractivity contribution in [2.75, 3.05) is 20.8 Å². The zero-order valence-electron chi connectivity index (χ0n) is 15.5. The Morgan fingerprint density at radius 2 is 1.65 bits per heavy atom. The number of hydrogen-bond acceptors (Lipinski definition) is 5. The van der Waals surface area contributed by atoms with E-state index >= 15 is 0 Å². The largest absolute Gasteiger partial charge is 0.496 e. The van der Waals surface area contributed by atoms with E-state index < -0.39 is 0 Å². The van der Waals surface area contributed by atoms with Crippen LogP contribution in [0.4, 0.5) is 0 Å². The van der Waals surface area contributed by atoms with Crippen LogP contribution in [0.1, 0.15) is 36.2 Å². The van der Waals surface area contributed by atoms with Crippen molar-refractivity contribution < 1.29 is 19.0 Å². The van der Waals surface area contributed by atoms with Gasteiger partial charge in [-0.1, -0.05) is 13.0 Å². The van der Waals surface area contributed by atoms with Crippen molar-refractivity contribution in [1.82, 2.24) is 5.43 Å². The van der Waals surface area contributed by atoms with E-state index in [4.69, 9.17) is 14.2 Å². The Labute approximate surface area is 153 Å². The van der Waals surface area contributed by atoms with Gasteiger partial charge in [-0.3, -0.25) is 4.79 Å². The van der Waals surface area contributed by atoms with E-state index in [-0.39, 0.29) is 5.91 Å². The van der Waals surface area contributed by atoms with Gasteiger partial charge in [0.25, 0.3) is 5.91 Å². The number of hydrogen-bond donors (Lipinski definition) is 1. The zero-order chi connectivity index (χ0) is 18.9. The summed E-state index contributed by atoms with van der Waals surface area (Å²) in [5.41, 5.74) is 4.33. The number of carbonyl (C=O) groups is 1. The van der Waals surface area contributed by atoms with E-state index in [1.807, 2.05) is 25.1 Å². The van der Waals surface area contributed by atoms with Gasteiger partial charge in [0.05, 0.1) is 32.1 Å². The van der Waals surface area contributed by atoms with E-state index in [2.05, 4.69) is 10.5 Å². The summed E-state index contributed by atoms with van der Waals surface area (Å²) in [6, 6.07) is 12.4. The summed E-state index contributed by atoms with van der Waals surface area (Å²) in [6.07, 6.45) is 0.933.